The summed E-state index contributed by atoms with van der Waals surface area (Å²) in [6.45, 7) is 2.15. The van der Waals surface area contributed by atoms with Gasteiger partial charge in [0.1, 0.15) is 5.40 Å². The van der Waals surface area contributed by atoms with Crippen LogP contribution in [-0.2, 0) is 6.42 Å². The van der Waals surface area contributed by atoms with Gasteiger partial charge in [-0.1, -0.05) is 13.0 Å². The van der Waals surface area contributed by atoms with E-state index in [4.69, 9.17) is 5.26 Å². The minimum Gasteiger partial charge on any atom is -0.264 e. The number of rotatable bonds is 4. The summed E-state index contributed by atoms with van der Waals surface area (Å²) in [6, 6.07) is 4.01. The third kappa shape index (κ3) is 3.95. The quantitative estimate of drug-likeness (QED) is 0.688. The lowest BCUT2D eigenvalue weighted by Gasteiger charge is -2.07. The molecule has 0 aliphatic rings. The Hall–Kier alpha value is -1.01. The van der Waals surface area contributed by atoms with Crippen LogP contribution in [0.3, 0.4) is 0 Å². The average molecular weight is 192 g/mol. The van der Waals surface area contributed by atoms with E-state index < -0.39 is 0 Å². The van der Waals surface area contributed by atoms with Crippen LogP contribution in [0.5, 0.6) is 0 Å². The third-order valence-electron chi connectivity index (χ3n) is 1.74. The molecule has 0 saturated heterocycles. The minimum atomic E-state index is 0.536. The maximum absolute atomic E-state index is 8.38. The molecule has 3 heteroatoms. The van der Waals surface area contributed by atoms with Gasteiger partial charge in [-0.15, -0.1) is 0 Å². The minimum absolute atomic E-state index is 0.536. The fraction of sp³-hybridized carbons (Fsp3) is 0.400. The Bertz CT molecular complexity index is 279. The van der Waals surface area contributed by atoms with Crippen LogP contribution >= 0.6 is 11.8 Å². The molecule has 68 valence electrons. The van der Waals surface area contributed by atoms with Crippen molar-refractivity contribution in [3.63, 3.8) is 0 Å². The average Bonchev–Trinajstić information content (AvgIpc) is 2.16. The van der Waals surface area contributed by atoms with Gasteiger partial charge in [0, 0.05) is 18.1 Å². The lowest BCUT2D eigenvalue weighted by atomic mass is 10.1. The second-order valence-corrected chi connectivity index (χ2v) is 3.88. The van der Waals surface area contributed by atoms with Crippen molar-refractivity contribution in [3.05, 3.63) is 30.1 Å². The molecule has 0 aliphatic heterocycles. The first-order valence-electron chi connectivity index (χ1n) is 4.22. The smallest absolute Gasteiger partial charge is 0.133 e. The number of hydrogen-bond donors (Lipinski definition) is 0. The molecule has 0 radical (unpaired) electrons. The van der Waals surface area contributed by atoms with Crippen LogP contribution in [0.4, 0.5) is 0 Å². The summed E-state index contributed by atoms with van der Waals surface area (Å²) in [7, 11) is 0. The first-order chi connectivity index (χ1) is 6.33. The lowest BCUT2D eigenvalue weighted by Crippen LogP contribution is -2.02. The normalized spacial score (nSPS) is 12.0. The van der Waals surface area contributed by atoms with Crippen LogP contribution in [0.15, 0.2) is 24.5 Å². The van der Waals surface area contributed by atoms with Gasteiger partial charge in [-0.25, -0.2) is 0 Å². The number of nitrogens with zero attached hydrogens (tertiary/aromatic N) is 2. The number of hydrogen-bond acceptors (Lipinski definition) is 3. The second kappa shape index (κ2) is 5.60. The fourth-order valence-corrected chi connectivity index (χ4v) is 1.64. The van der Waals surface area contributed by atoms with Crippen LogP contribution in [0.1, 0.15) is 12.5 Å². The first kappa shape index (κ1) is 10.1. The van der Waals surface area contributed by atoms with Crippen molar-refractivity contribution in [1.29, 1.82) is 5.26 Å². The highest BCUT2D eigenvalue weighted by atomic mass is 32.2. The fourth-order valence-electron chi connectivity index (χ4n) is 1.16. The number of aromatic nitrogens is 1. The molecule has 1 rings (SSSR count). The van der Waals surface area contributed by atoms with E-state index in [9.17, 15) is 0 Å². The summed E-state index contributed by atoms with van der Waals surface area (Å²) in [5, 5.41) is 10.5. The molecular formula is C10H12N2S. The highest BCUT2D eigenvalue weighted by Crippen LogP contribution is 2.12. The summed E-state index contributed by atoms with van der Waals surface area (Å²) in [4.78, 5) is 4.05. The van der Waals surface area contributed by atoms with E-state index >= 15 is 0 Å². The Labute approximate surface area is 83.0 Å². The van der Waals surface area contributed by atoms with Crippen molar-refractivity contribution in [2.45, 2.75) is 13.3 Å². The van der Waals surface area contributed by atoms with Gasteiger partial charge in [0.05, 0.1) is 0 Å². The number of nitriles is 1. The molecule has 0 N–H and O–H groups in total. The van der Waals surface area contributed by atoms with Gasteiger partial charge in [-0.2, -0.15) is 5.26 Å². The second-order valence-electron chi connectivity index (χ2n) is 3.07. The molecule has 1 atom stereocenters. The van der Waals surface area contributed by atoms with E-state index in [-0.39, 0.29) is 0 Å². The number of pyridine rings is 1. The van der Waals surface area contributed by atoms with Gasteiger partial charge in [0.2, 0.25) is 0 Å². The van der Waals surface area contributed by atoms with Crippen molar-refractivity contribution in [2.24, 2.45) is 5.92 Å². The molecule has 0 fully saturated rings. The van der Waals surface area contributed by atoms with Gasteiger partial charge < -0.3 is 0 Å². The zero-order chi connectivity index (χ0) is 9.52. The summed E-state index contributed by atoms with van der Waals surface area (Å²) in [6.07, 6.45) is 4.66. The lowest BCUT2D eigenvalue weighted by molar-refractivity contribution is 0.658. The highest BCUT2D eigenvalue weighted by molar-refractivity contribution is 8.03. The molecule has 0 spiro atoms. The molecule has 1 unspecified atom stereocenters. The predicted molar refractivity (Wildman–Crippen MR) is 55.2 cm³/mol. The summed E-state index contributed by atoms with van der Waals surface area (Å²) >= 11 is 1.32. The largest absolute Gasteiger partial charge is 0.264 e. The molecular weight excluding hydrogens is 180 g/mol. The van der Waals surface area contributed by atoms with Gasteiger partial charge in [-0.05, 0) is 35.7 Å². The zero-order valence-corrected chi connectivity index (χ0v) is 8.42. The molecule has 13 heavy (non-hydrogen) atoms. The van der Waals surface area contributed by atoms with E-state index in [1.807, 2.05) is 12.3 Å². The zero-order valence-electron chi connectivity index (χ0n) is 7.60. The van der Waals surface area contributed by atoms with Crippen molar-refractivity contribution >= 4 is 11.8 Å². The summed E-state index contributed by atoms with van der Waals surface area (Å²) < 4.78 is 0. The van der Waals surface area contributed by atoms with Crippen molar-refractivity contribution in [3.8, 4) is 5.40 Å². The molecule has 0 saturated carbocycles. The van der Waals surface area contributed by atoms with Crippen LogP contribution in [0, 0.1) is 16.6 Å². The molecule has 0 aromatic carbocycles. The van der Waals surface area contributed by atoms with E-state index in [1.165, 1.54) is 17.3 Å². The molecule has 0 aliphatic carbocycles. The van der Waals surface area contributed by atoms with Gasteiger partial charge in [-0.3, -0.25) is 4.98 Å². The molecule has 1 aromatic rings. The Morgan fingerprint density at radius 3 is 3.15 bits per heavy atom. The SMILES string of the molecule is CC(CSC#N)Cc1cccnc1. The summed E-state index contributed by atoms with van der Waals surface area (Å²) in [5.74, 6) is 1.43. The van der Waals surface area contributed by atoms with Crippen LogP contribution in [0.2, 0.25) is 0 Å². The van der Waals surface area contributed by atoms with E-state index in [0.29, 0.717) is 5.92 Å². The molecule has 2 nitrogen and oxygen atoms in total. The van der Waals surface area contributed by atoms with Crippen molar-refractivity contribution in [2.75, 3.05) is 5.75 Å². The Morgan fingerprint density at radius 2 is 2.54 bits per heavy atom. The van der Waals surface area contributed by atoms with E-state index in [1.54, 1.807) is 6.20 Å². The maximum atomic E-state index is 8.38. The topological polar surface area (TPSA) is 36.7 Å². The number of thiocyanates is 1. The third-order valence-corrected chi connectivity index (χ3v) is 2.60. The van der Waals surface area contributed by atoms with Crippen LogP contribution in [0.25, 0.3) is 0 Å². The van der Waals surface area contributed by atoms with Gasteiger partial charge >= 0.3 is 0 Å². The van der Waals surface area contributed by atoms with E-state index in [0.717, 1.165) is 12.2 Å². The molecule has 0 amide bonds. The monoisotopic (exact) mass is 192 g/mol. The van der Waals surface area contributed by atoms with Crippen molar-refractivity contribution in [1.82, 2.24) is 4.98 Å². The molecule has 0 bridgehead atoms. The standard InChI is InChI=1S/C10H12N2S/c1-9(7-13-8-11)5-10-3-2-4-12-6-10/h2-4,6,9H,5,7H2,1H3. The Kier molecular flexibility index (Phi) is 4.34. The maximum Gasteiger partial charge on any atom is 0.133 e. The van der Waals surface area contributed by atoms with Gasteiger partial charge in [0.25, 0.3) is 0 Å². The Morgan fingerprint density at radius 1 is 1.69 bits per heavy atom. The first-order valence-corrected chi connectivity index (χ1v) is 5.21. The summed E-state index contributed by atoms with van der Waals surface area (Å²) in [5.41, 5.74) is 1.24. The van der Waals surface area contributed by atoms with Crippen molar-refractivity contribution < 1.29 is 0 Å². The molecule has 1 heterocycles. The van der Waals surface area contributed by atoms with E-state index in [2.05, 4.69) is 23.4 Å². The Balaban J connectivity index is 2.37. The predicted octanol–water partition coefficient (Wildman–Crippen LogP) is 2.47. The van der Waals surface area contributed by atoms with Gasteiger partial charge in [0.15, 0.2) is 0 Å². The van der Waals surface area contributed by atoms with Crippen LogP contribution in [-0.4, -0.2) is 10.7 Å². The van der Waals surface area contributed by atoms with Crippen LogP contribution < -0.4 is 0 Å². The number of thioether (sulfide) groups is 1. The molecule has 1 aromatic heterocycles. The highest BCUT2D eigenvalue weighted by Gasteiger charge is 2.03.